The molecule has 0 aliphatic heterocycles. The summed E-state index contributed by atoms with van der Waals surface area (Å²) in [6.45, 7) is 3.86. The van der Waals surface area contributed by atoms with Crippen LogP contribution >= 0.6 is 15.9 Å². The molecule has 0 spiro atoms. The van der Waals surface area contributed by atoms with Crippen LogP contribution in [-0.2, 0) is 6.42 Å². The van der Waals surface area contributed by atoms with Crippen molar-refractivity contribution in [2.24, 2.45) is 0 Å². The fraction of sp³-hybridized carbons (Fsp3) is 0.250. The van der Waals surface area contributed by atoms with E-state index < -0.39 is 5.97 Å². The Morgan fingerprint density at radius 1 is 1.50 bits per heavy atom. The lowest BCUT2D eigenvalue weighted by Crippen LogP contribution is -2.05. The maximum atomic E-state index is 10.9. The summed E-state index contributed by atoms with van der Waals surface area (Å²) < 4.78 is 2.54. The smallest absolute Gasteiger partial charge is 0.375 e. The summed E-state index contributed by atoms with van der Waals surface area (Å²) in [4.78, 5) is 14.9. The van der Waals surface area contributed by atoms with Crippen molar-refractivity contribution in [3.05, 3.63) is 39.9 Å². The standard InChI is InChI=1S/C12H12BrN3O2/c1-3-10-14-11(12(17)18)15-16(10)9-6-4-5-8(13)7(9)2/h4-6H,3H2,1-2H3,(H,17,18). The summed E-state index contributed by atoms with van der Waals surface area (Å²) in [6.07, 6.45) is 0.617. The number of aryl methyl sites for hydroxylation is 1. The lowest BCUT2D eigenvalue weighted by Gasteiger charge is -2.09. The minimum absolute atomic E-state index is 0.175. The Morgan fingerprint density at radius 3 is 2.83 bits per heavy atom. The molecule has 0 aliphatic rings. The molecule has 0 unspecified atom stereocenters. The predicted octanol–water partition coefficient (Wildman–Crippen LogP) is 2.60. The van der Waals surface area contributed by atoms with E-state index in [1.54, 1.807) is 4.68 Å². The SMILES string of the molecule is CCc1nc(C(=O)O)nn1-c1cccc(Br)c1C. The van der Waals surface area contributed by atoms with Gasteiger partial charge in [0, 0.05) is 10.9 Å². The highest BCUT2D eigenvalue weighted by Crippen LogP contribution is 2.23. The van der Waals surface area contributed by atoms with E-state index in [0.717, 1.165) is 15.7 Å². The Kier molecular flexibility index (Phi) is 3.47. The number of carbonyl (C=O) groups is 1. The maximum Gasteiger partial charge on any atom is 0.375 e. The third-order valence-corrected chi connectivity index (χ3v) is 3.51. The van der Waals surface area contributed by atoms with Crippen molar-refractivity contribution in [3.8, 4) is 5.69 Å². The highest BCUT2D eigenvalue weighted by molar-refractivity contribution is 9.10. The van der Waals surface area contributed by atoms with Gasteiger partial charge in [0.1, 0.15) is 5.82 Å². The lowest BCUT2D eigenvalue weighted by atomic mass is 10.2. The van der Waals surface area contributed by atoms with Gasteiger partial charge in [-0.3, -0.25) is 0 Å². The van der Waals surface area contributed by atoms with Gasteiger partial charge in [-0.05, 0) is 24.6 Å². The summed E-state index contributed by atoms with van der Waals surface area (Å²) >= 11 is 3.45. The zero-order valence-corrected chi connectivity index (χ0v) is 11.6. The molecule has 2 rings (SSSR count). The van der Waals surface area contributed by atoms with Crippen LogP contribution in [0, 0.1) is 6.92 Å². The highest BCUT2D eigenvalue weighted by Gasteiger charge is 2.16. The van der Waals surface area contributed by atoms with Crippen molar-refractivity contribution in [3.63, 3.8) is 0 Å². The number of aromatic carboxylic acids is 1. The molecule has 2 aromatic rings. The van der Waals surface area contributed by atoms with E-state index in [-0.39, 0.29) is 5.82 Å². The molecular weight excluding hydrogens is 298 g/mol. The zero-order chi connectivity index (χ0) is 13.3. The number of rotatable bonds is 3. The van der Waals surface area contributed by atoms with Gasteiger partial charge >= 0.3 is 5.97 Å². The largest absolute Gasteiger partial charge is 0.475 e. The Morgan fingerprint density at radius 2 is 2.22 bits per heavy atom. The first-order valence-corrected chi connectivity index (χ1v) is 6.28. The first-order chi connectivity index (χ1) is 8.54. The average molecular weight is 310 g/mol. The molecule has 0 radical (unpaired) electrons. The molecular formula is C12H12BrN3O2. The summed E-state index contributed by atoms with van der Waals surface area (Å²) in [5, 5.41) is 13.0. The normalized spacial score (nSPS) is 10.6. The second-order valence-corrected chi connectivity index (χ2v) is 4.66. The molecule has 0 saturated heterocycles. The van der Waals surface area contributed by atoms with Crippen LogP contribution in [0.25, 0.3) is 5.69 Å². The van der Waals surface area contributed by atoms with E-state index in [1.165, 1.54) is 0 Å². The third kappa shape index (κ3) is 2.15. The van der Waals surface area contributed by atoms with Gasteiger partial charge in [0.2, 0.25) is 0 Å². The van der Waals surface area contributed by atoms with Gasteiger partial charge in [0.25, 0.3) is 5.82 Å². The van der Waals surface area contributed by atoms with Crippen LogP contribution < -0.4 is 0 Å². The Hall–Kier alpha value is -1.69. The van der Waals surface area contributed by atoms with Gasteiger partial charge in [0.05, 0.1) is 5.69 Å². The lowest BCUT2D eigenvalue weighted by molar-refractivity contribution is 0.0683. The molecule has 1 aromatic carbocycles. The fourth-order valence-corrected chi connectivity index (χ4v) is 2.04. The minimum atomic E-state index is -1.11. The molecule has 1 aromatic heterocycles. The number of hydrogen-bond acceptors (Lipinski definition) is 3. The van der Waals surface area contributed by atoms with Crippen LogP contribution in [0.15, 0.2) is 22.7 Å². The quantitative estimate of drug-likeness (QED) is 0.946. The Bertz CT molecular complexity index is 607. The van der Waals surface area contributed by atoms with E-state index in [9.17, 15) is 4.79 Å². The molecule has 94 valence electrons. The molecule has 0 fully saturated rings. The molecule has 1 N–H and O–H groups in total. The van der Waals surface area contributed by atoms with Crippen molar-refractivity contribution in [1.29, 1.82) is 0 Å². The molecule has 1 heterocycles. The van der Waals surface area contributed by atoms with E-state index in [1.807, 2.05) is 32.0 Å². The van der Waals surface area contributed by atoms with Crippen LogP contribution in [0.5, 0.6) is 0 Å². The molecule has 5 nitrogen and oxygen atoms in total. The van der Waals surface area contributed by atoms with Crippen molar-refractivity contribution in [2.45, 2.75) is 20.3 Å². The molecule has 0 bridgehead atoms. The van der Waals surface area contributed by atoms with Crippen molar-refractivity contribution >= 4 is 21.9 Å². The molecule has 18 heavy (non-hydrogen) atoms. The Balaban J connectivity index is 2.63. The summed E-state index contributed by atoms with van der Waals surface area (Å²) in [5.74, 6) is -0.657. The number of carboxylic acid groups (broad SMARTS) is 1. The number of carboxylic acids is 1. The van der Waals surface area contributed by atoms with Crippen molar-refractivity contribution < 1.29 is 9.90 Å². The third-order valence-electron chi connectivity index (χ3n) is 2.65. The van der Waals surface area contributed by atoms with Gasteiger partial charge in [-0.1, -0.05) is 28.9 Å². The monoisotopic (exact) mass is 309 g/mol. The first-order valence-electron chi connectivity index (χ1n) is 5.49. The minimum Gasteiger partial charge on any atom is -0.475 e. The summed E-state index contributed by atoms with van der Waals surface area (Å²) in [7, 11) is 0. The second kappa shape index (κ2) is 4.89. The molecule has 0 saturated carbocycles. The van der Waals surface area contributed by atoms with Crippen LogP contribution in [0.2, 0.25) is 0 Å². The van der Waals surface area contributed by atoms with E-state index in [4.69, 9.17) is 5.11 Å². The van der Waals surface area contributed by atoms with E-state index in [2.05, 4.69) is 26.0 Å². The van der Waals surface area contributed by atoms with Crippen LogP contribution in [0.4, 0.5) is 0 Å². The molecule has 0 amide bonds. The van der Waals surface area contributed by atoms with Gasteiger partial charge in [-0.15, -0.1) is 5.10 Å². The van der Waals surface area contributed by atoms with Crippen LogP contribution in [-0.4, -0.2) is 25.8 Å². The van der Waals surface area contributed by atoms with Crippen LogP contribution in [0.3, 0.4) is 0 Å². The molecule has 0 atom stereocenters. The number of hydrogen-bond donors (Lipinski definition) is 1. The van der Waals surface area contributed by atoms with Crippen LogP contribution in [0.1, 0.15) is 28.9 Å². The number of aromatic nitrogens is 3. The second-order valence-electron chi connectivity index (χ2n) is 3.81. The van der Waals surface area contributed by atoms with Gasteiger partial charge in [-0.25, -0.2) is 14.5 Å². The molecule has 0 aliphatic carbocycles. The van der Waals surface area contributed by atoms with Gasteiger partial charge in [0.15, 0.2) is 0 Å². The summed E-state index contributed by atoms with van der Waals surface area (Å²) in [6, 6.07) is 5.70. The number of halogens is 1. The Labute approximate surface area is 113 Å². The van der Waals surface area contributed by atoms with Gasteiger partial charge < -0.3 is 5.11 Å². The number of nitrogens with zero attached hydrogens (tertiary/aromatic N) is 3. The molecule has 6 heteroatoms. The van der Waals surface area contributed by atoms with Gasteiger partial charge in [-0.2, -0.15) is 0 Å². The van der Waals surface area contributed by atoms with Crippen molar-refractivity contribution in [1.82, 2.24) is 14.8 Å². The first kappa shape index (κ1) is 12.8. The van der Waals surface area contributed by atoms with Crippen molar-refractivity contribution in [2.75, 3.05) is 0 Å². The highest BCUT2D eigenvalue weighted by atomic mass is 79.9. The number of benzene rings is 1. The summed E-state index contributed by atoms with van der Waals surface area (Å²) in [5.41, 5.74) is 1.83. The average Bonchev–Trinajstić information content (AvgIpc) is 2.76. The fourth-order valence-electron chi connectivity index (χ4n) is 1.68. The van der Waals surface area contributed by atoms with E-state index >= 15 is 0 Å². The maximum absolute atomic E-state index is 10.9. The zero-order valence-electron chi connectivity index (χ0n) is 10.0. The topological polar surface area (TPSA) is 68.0 Å². The predicted molar refractivity (Wildman–Crippen MR) is 70.1 cm³/mol. The van der Waals surface area contributed by atoms with E-state index in [0.29, 0.717) is 12.2 Å².